The second-order valence-electron chi connectivity index (χ2n) is 4.31. The monoisotopic (exact) mass is 273 g/mol. The number of nitrogens with zero attached hydrogens (tertiary/aromatic N) is 1. The fourth-order valence-corrected chi connectivity index (χ4v) is 2.20. The van der Waals surface area contributed by atoms with Crippen LogP contribution < -0.4 is 0 Å². The number of furan rings is 1. The topological polar surface area (TPSA) is 54.0 Å². The third kappa shape index (κ3) is 2.69. The molecule has 0 radical (unpaired) electrons. The fourth-order valence-electron chi connectivity index (χ4n) is 2.00. The largest absolute Gasteiger partial charge is 0.466 e. The molecule has 0 amide bonds. The van der Waals surface area contributed by atoms with Crippen molar-refractivity contribution in [2.24, 2.45) is 0 Å². The number of rotatable bonds is 3. The van der Waals surface area contributed by atoms with E-state index >= 15 is 0 Å². The van der Waals surface area contributed by atoms with Gasteiger partial charge in [-0.3, -0.25) is 4.79 Å². The minimum Gasteiger partial charge on any atom is -0.466 e. The predicted molar refractivity (Wildman–Crippen MR) is 72.3 cm³/mol. The summed E-state index contributed by atoms with van der Waals surface area (Å²) in [6.45, 7) is 3.48. The summed E-state index contributed by atoms with van der Waals surface area (Å²) in [5, 5.41) is 9.76. The number of nitriles is 1. The molecule has 0 bridgehead atoms. The van der Waals surface area contributed by atoms with E-state index in [0.717, 1.165) is 0 Å². The molecule has 1 unspecified atom stereocenters. The van der Waals surface area contributed by atoms with Crippen molar-refractivity contribution in [2.75, 3.05) is 0 Å². The van der Waals surface area contributed by atoms with Crippen molar-refractivity contribution >= 4 is 17.4 Å². The van der Waals surface area contributed by atoms with Crippen molar-refractivity contribution in [1.29, 1.82) is 5.26 Å². The number of halogens is 1. The molecule has 0 aliphatic rings. The minimum atomic E-state index is -0.866. The first kappa shape index (κ1) is 13.4. The zero-order chi connectivity index (χ0) is 14.0. The standard InChI is InChI=1S/C15H12ClNO2/c1-9-6-13(10(2)19-9)15(18)14(8-17)11-4-3-5-12(16)7-11/h3-7,14H,1-2H3. The van der Waals surface area contributed by atoms with Crippen molar-refractivity contribution < 1.29 is 9.21 Å². The Morgan fingerprint density at radius 2 is 2.11 bits per heavy atom. The molecule has 1 heterocycles. The molecule has 2 aromatic rings. The van der Waals surface area contributed by atoms with Crippen LogP contribution in [0.1, 0.15) is 33.4 Å². The molecular formula is C15H12ClNO2. The van der Waals surface area contributed by atoms with Gasteiger partial charge >= 0.3 is 0 Å². The molecule has 3 nitrogen and oxygen atoms in total. The summed E-state index contributed by atoms with van der Waals surface area (Å²) in [6, 6.07) is 10.5. The maximum absolute atomic E-state index is 12.4. The van der Waals surface area contributed by atoms with Crippen LogP contribution in [0.5, 0.6) is 0 Å². The molecule has 4 heteroatoms. The van der Waals surface area contributed by atoms with Gasteiger partial charge in [0.2, 0.25) is 0 Å². The first-order valence-corrected chi connectivity index (χ1v) is 6.17. The Bertz CT molecular complexity index is 667. The van der Waals surface area contributed by atoms with Gasteiger partial charge in [0.1, 0.15) is 17.4 Å². The number of hydrogen-bond donors (Lipinski definition) is 0. The van der Waals surface area contributed by atoms with Gasteiger partial charge in [0, 0.05) is 5.02 Å². The number of hydrogen-bond acceptors (Lipinski definition) is 3. The van der Waals surface area contributed by atoms with Gasteiger partial charge < -0.3 is 4.42 Å². The molecule has 0 spiro atoms. The Morgan fingerprint density at radius 1 is 1.37 bits per heavy atom. The van der Waals surface area contributed by atoms with Crippen LogP contribution in [0.15, 0.2) is 34.7 Å². The van der Waals surface area contributed by atoms with Crippen LogP contribution in [0.4, 0.5) is 0 Å². The lowest BCUT2D eigenvalue weighted by Crippen LogP contribution is -2.11. The van der Waals surface area contributed by atoms with E-state index < -0.39 is 5.92 Å². The second-order valence-corrected chi connectivity index (χ2v) is 4.74. The first-order chi connectivity index (χ1) is 9.02. The third-order valence-corrected chi connectivity index (χ3v) is 3.11. The maximum atomic E-state index is 12.4. The number of benzene rings is 1. The molecule has 19 heavy (non-hydrogen) atoms. The Labute approximate surface area is 116 Å². The molecule has 0 fully saturated rings. The van der Waals surface area contributed by atoms with Gasteiger partial charge in [-0.15, -0.1) is 0 Å². The molecular weight excluding hydrogens is 262 g/mol. The molecule has 0 aliphatic carbocycles. The van der Waals surface area contributed by atoms with Crippen molar-refractivity contribution in [3.63, 3.8) is 0 Å². The number of aryl methyl sites for hydroxylation is 2. The minimum absolute atomic E-state index is 0.265. The van der Waals surface area contributed by atoms with Crippen molar-refractivity contribution in [1.82, 2.24) is 0 Å². The van der Waals surface area contributed by atoms with Crippen molar-refractivity contribution in [2.45, 2.75) is 19.8 Å². The average molecular weight is 274 g/mol. The predicted octanol–water partition coefficient (Wildman–Crippen LogP) is 4.04. The highest BCUT2D eigenvalue weighted by molar-refractivity contribution is 6.30. The van der Waals surface area contributed by atoms with E-state index in [0.29, 0.717) is 27.7 Å². The molecule has 1 aromatic heterocycles. The van der Waals surface area contributed by atoms with Crippen LogP contribution in [0.3, 0.4) is 0 Å². The van der Waals surface area contributed by atoms with E-state index in [2.05, 4.69) is 0 Å². The zero-order valence-electron chi connectivity index (χ0n) is 10.6. The Morgan fingerprint density at radius 3 is 2.63 bits per heavy atom. The summed E-state index contributed by atoms with van der Waals surface area (Å²) >= 11 is 5.89. The summed E-state index contributed by atoms with van der Waals surface area (Å²) in [6.07, 6.45) is 0. The van der Waals surface area contributed by atoms with Crippen LogP contribution in [0.2, 0.25) is 5.02 Å². The Hall–Kier alpha value is -2.05. The van der Waals surface area contributed by atoms with E-state index in [-0.39, 0.29) is 5.78 Å². The van der Waals surface area contributed by atoms with E-state index in [1.807, 2.05) is 6.07 Å². The van der Waals surface area contributed by atoms with Crippen LogP contribution in [-0.2, 0) is 0 Å². The zero-order valence-corrected chi connectivity index (χ0v) is 11.4. The number of Topliss-reactive ketones (excluding diaryl/α,β-unsaturated/α-hetero) is 1. The Balaban J connectivity index is 2.41. The molecule has 0 aliphatic heterocycles. The van der Waals surface area contributed by atoms with Gasteiger partial charge in [0.15, 0.2) is 5.78 Å². The fraction of sp³-hybridized carbons (Fsp3) is 0.200. The third-order valence-electron chi connectivity index (χ3n) is 2.88. The molecule has 96 valence electrons. The first-order valence-electron chi connectivity index (χ1n) is 5.79. The summed E-state index contributed by atoms with van der Waals surface area (Å²) in [5.41, 5.74) is 1.04. The van der Waals surface area contributed by atoms with Crippen molar-refractivity contribution in [3.05, 3.63) is 58.0 Å². The summed E-state index contributed by atoms with van der Waals surface area (Å²) in [7, 11) is 0. The second kappa shape index (κ2) is 5.29. The lowest BCUT2D eigenvalue weighted by molar-refractivity contribution is 0.0977. The normalized spacial score (nSPS) is 11.9. The highest BCUT2D eigenvalue weighted by atomic mass is 35.5. The highest BCUT2D eigenvalue weighted by Crippen LogP contribution is 2.25. The SMILES string of the molecule is Cc1cc(C(=O)C(C#N)c2cccc(Cl)c2)c(C)o1. The smallest absolute Gasteiger partial charge is 0.187 e. The lowest BCUT2D eigenvalue weighted by Gasteiger charge is -2.08. The Kier molecular flexibility index (Phi) is 3.73. The molecule has 0 saturated heterocycles. The number of ketones is 1. The van der Waals surface area contributed by atoms with Crippen LogP contribution in [0.25, 0.3) is 0 Å². The van der Waals surface area contributed by atoms with Crippen LogP contribution >= 0.6 is 11.6 Å². The molecule has 0 N–H and O–H groups in total. The van der Waals surface area contributed by atoms with Gasteiger partial charge in [-0.25, -0.2) is 0 Å². The van der Waals surface area contributed by atoms with Gasteiger partial charge in [-0.1, -0.05) is 23.7 Å². The molecule has 1 aromatic carbocycles. The van der Waals surface area contributed by atoms with Gasteiger partial charge in [0.05, 0.1) is 11.6 Å². The summed E-state index contributed by atoms with van der Waals surface area (Å²) < 4.78 is 5.33. The van der Waals surface area contributed by atoms with E-state index in [4.69, 9.17) is 16.0 Å². The maximum Gasteiger partial charge on any atom is 0.187 e. The molecule has 1 atom stereocenters. The van der Waals surface area contributed by atoms with E-state index in [1.54, 1.807) is 44.2 Å². The highest BCUT2D eigenvalue weighted by Gasteiger charge is 2.25. The van der Waals surface area contributed by atoms with Gasteiger partial charge in [-0.05, 0) is 37.6 Å². The van der Waals surface area contributed by atoms with Gasteiger partial charge in [0.25, 0.3) is 0 Å². The summed E-state index contributed by atoms with van der Waals surface area (Å²) in [4.78, 5) is 12.4. The van der Waals surface area contributed by atoms with Crippen LogP contribution in [0, 0.1) is 25.2 Å². The number of carbonyl (C=O) groups is 1. The average Bonchev–Trinajstić information content (AvgIpc) is 2.69. The van der Waals surface area contributed by atoms with Crippen molar-refractivity contribution in [3.8, 4) is 6.07 Å². The number of carbonyl (C=O) groups excluding carboxylic acids is 1. The van der Waals surface area contributed by atoms with Gasteiger partial charge in [-0.2, -0.15) is 5.26 Å². The quantitative estimate of drug-likeness (QED) is 0.793. The molecule has 2 rings (SSSR count). The summed E-state index contributed by atoms with van der Waals surface area (Å²) in [5.74, 6) is 0.0573. The van der Waals surface area contributed by atoms with E-state index in [1.165, 1.54) is 0 Å². The van der Waals surface area contributed by atoms with E-state index in [9.17, 15) is 10.1 Å². The lowest BCUT2D eigenvalue weighted by atomic mass is 9.92. The van der Waals surface area contributed by atoms with Crippen LogP contribution in [-0.4, -0.2) is 5.78 Å². The molecule has 0 saturated carbocycles.